The molecule has 0 fully saturated rings. The lowest BCUT2D eigenvalue weighted by molar-refractivity contribution is -0.113. The van der Waals surface area contributed by atoms with Gasteiger partial charge in [-0.3, -0.25) is 10.1 Å². The second-order valence-electron chi connectivity index (χ2n) is 6.02. The van der Waals surface area contributed by atoms with Crippen LogP contribution in [-0.2, 0) is 11.2 Å². The Morgan fingerprint density at radius 1 is 1.21 bits per heavy atom. The maximum absolute atomic E-state index is 12.1. The summed E-state index contributed by atoms with van der Waals surface area (Å²) >= 11 is 2.74. The predicted molar refractivity (Wildman–Crippen MR) is 114 cm³/mol. The standard InChI is InChI=1S/C19H18N6O2S2/c1-3-17-22-23-19(29-17)21-16(26)11-28-18-9-8-15-20-14(10-25(15)24-18)12-4-6-13(27-2)7-5-12/h4-10H,3,11H2,1-2H3,(H,21,23,26). The first-order valence-corrected chi connectivity index (χ1v) is 10.7. The molecule has 10 heteroatoms. The summed E-state index contributed by atoms with van der Waals surface area (Å²) in [6, 6.07) is 11.5. The normalized spacial score (nSPS) is 11.0. The van der Waals surface area contributed by atoms with Crippen molar-refractivity contribution in [3.63, 3.8) is 0 Å². The molecule has 3 aromatic heterocycles. The van der Waals surface area contributed by atoms with Gasteiger partial charge in [0.1, 0.15) is 15.8 Å². The van der Waals surface area contributed by atoms with Crippen molar-refractivity contribution in [1.82, 2.24) is 24.8 Å². The van der Waals surface area contributed by atoms with Crippen molar-refractivity contribution >= 4 is 39.8 Å². The van der Waals surface area contributed by atoms with Crippen molar-refractivity contribution in [2.45, 2.75) is 18.4 Å². The molecule has 1 N–H and O–H groups in total. The van der Waals surface area contributed by atoms with Crippen molar-refractivity contribution in [3.05, 3.63) is 47.6 Å². The van der Waals surface area contributed by atoms with E-state index in [2.05, 4.69) is 25.6 Å². The van der Waals surface area contributed by atoms with Crippen LogP contribution >= 0.6 is 23.1 Å². The minimum atomic E-state index is -0.139. The first-order chi connectivity index (χ1) is 14.1. The topological polar surface area (TPSA) is 94.3 Å². The van der Waals surface area contributed by atoms with Crippen LogP contribution in [0.2, 0.25) is 0 Å². The Bertz CT molecular complexity index is 1140. The number of hydrogen-bond donors (Lipinski definition) is 1. The van der Waals surface area contributed by atoms with Gasteiger partial charge in [-0.1, -0.05) is 30.0 Å². The lowest BCUT2D eigenvalue weighted by Crippen LogP contribution is -2.14. The molecule has 0 aliphatic carbocycles. The summed E-state index contributed by atoms with van der Waals surface area (Å²) < 4.78 is 6.91. The van der Waals surface area contributed by atoms with E-state index in [0.29, 0.717) is 5.13 Å². The monoisotopic (exact) mass is 426 g/mol. The van der Waals surface area contributed by atoms with Gasteiger partial charge in [0.2, 0.25) is 11.0 Å². The predicted octanol–water partition coefficient (Wildman–Crippen LogP) is 3.55. The van der Waals surface area contributed by atoms with Gasteiger partial charge in [0.15, 0.2) is 5.65 Å². The molecule has 0 aliphatic rings. The first kappa shape index (κ1) is 19.3. The number of carbonyl (C=O) groups is 1. The maximum atomic E-state index is 12.1. The number of imidazole rings is 1. The van der Waals surface area contributed by atoms with Crippen LogP contribution in [0.5, 0.6) is 5.75 Å². The van der Waals surface area contributed by atoms with Gasteiger partial charge in [0.25, 0.3) is 0 Å². The Balaban J connectivity index is 1.42. The minimum absolute atomic E-state index is 0.139. The molecule has 0 bridgehead atoms. The highest BCUT2D eigenvalue weighted by molar-refractivity contribution is 7.99. The van der Waals surface area contributed by atoms with Gasteiger partial charge in [-0.15, -0.1) is 10.2 Å². The van der Waals surface area contributed by atoms with E-state index in [1.807, 2.05) is 49.5 Å². The number of nitrogens with one attached hydrogen (secondary N) is 1. The molecule has 29 heavy (non-hydrogen) atoms. The van der Waals surface area contributed by atoms with E-state index in [9.17, 15) is 4.79 Å². The van der Waals surface area contributed by atoms with Gasteiger partial charge in [0.05, 0.1) is 24.8 Å². The fourth-order valence-electron chi connectivity index (χ4n) is 2.58. The lowest BCUT2D eigenvalue weighted by Gasteiger charge is -2.01. The zero-order chi connectivity index (χ0) is 20.2. The van der Waals surface area contributed by atoms with Gasteiger partial charge >= 0.3 is 0 Å². The largest absolute Gasteiger partial charge is 0.497 e. The minimum Gasteiger partial charge on any atom is -0.497 e. The molecule has 1 amide bonds. The van der Waals surface area contributed by atoms with Crippen LogP contribution in [0.1, 0.15) is 11.9 Å². The van der Waals surface area contributed by atoms with E-state index >= 15 is 0 Å². The number of nitrogens with zero attached hydrogens (tertiary/aromatic N) is 5. The number of thioether (sulfide) groups is 1. The van der Waals surface area contributed by atoms with Crippen LogP contribution in [0, 0.1) is 0 Å². The summed E-state index contributed by atoms with van der Waals surface area (Å²) in [6.45, 7) is 2.00. The van der Waals surface area contributed by atoms with Crippen molar-refractivity contribution in [2.24, 2.45) is 0 Å². The molecule has 1 aromatic carbocycles. The van der Waals surface area contributed by atoms with Crippen molar-refractivity contribution in [2.75, 3.05) is 18.2 Å². The van der Waals surface area contributed by atoms with E-state index in [0.717, 1.165) is 39.1 Å². The van der Waals surface area contributed by atoms with E-state index in [1.165, 1.54) is 23.1 Å². The summed E-state index contributed by atoms with van der Waals surface area (Å²) in [5.41, 5.74) is 2.54. The molecule has 4 aromatic rings. The number of aryl methyl sites for hydroxylation is 1. The van der Waals surface area contributed by atoms with Crippen LogP contribution in [-0.4, -0.2) is 43.6 Å². The van der Waals surface area contributed by atoms with E-state index < -0.39 is 0 Å². The van der Waals surface area contributed by atoms with Gasteiger partial charge < -0.3 is 4.74 Å². The van der Waals surface area contributed by atoms with Crippen LogP contribution in [0.25, 0.3) is 16.9 Å². The fraction of sp³-hybridized carbons (Fsp3) is 0.211. The molecule has 8 nitrogen and oxygen atoms in total. The SMILES string of the molecule is CCc1nnc(NC(=O)CSc2ccc3nc(-c4ccc(OC)cc4)cn3n2)s1. The Morgan fingerprint density at radius 3 is 2.76 bits per heavy atom. The molecule has 3 heterocycles. The number of carbonyl (C=O) groups excluding carboxylic acids is 1. The van der Waals surface area contributed by atoms with Gasteiger partial charge in [-0.2, -0.15) is 5.10 Å². The maximum Gasteiger partial charge on any atom is 0.236 e. The highest BCUT2D eigenvalue weighted by Crippen LogP contribution is 2.23. The van der Waals surface area contributed by atoms with Crippen LogP contribution < -0.4 is 10.1 Å². The van der Waals surface area contributed by atoms with E-state index in [4.69, 9.17) is 4.74 Å². The third-order valence-corrected chi connectivity index (χ3v) is 5.95. The first-order valence-electron chi connectivity index (χ1n) is 8.90. The van der Waals surface area contributed by atoms with Crippen LogP contribution in [0.15, 0.2) is 47.6 Å². The van der Waals surface area contributed by atoms with Crippen LogP contribution in [0.3, 0.4) is 0 Å². The molecule has 0 atom stereocenters. The summed E-state index contributed by atoms with van der Waals surface area (Å²) in [5.74, 6) is 0.895. The summed E-state index contributed by atoms with van der Waals surface area (Å²) in [6.07, 6.45) is 2.67. The number of rotatable bonds is 7. The number of anilines is 1. The second-order valence-corrected chi connectivity index (χ2v) is 8.08. The zero-order valence-corrected chi connectivity index (χ0v) is 17.5. The third-order valence-electron chi connectivity index (χ3n) is 4.05. The molecule has 0 saturated carbocycles. The number of methoxy groups -OCH3 is 1. The highest BCUT2D eigenvalue weighted by Gasteiger charge is 2.10. The number of benzene rings is 1. The van der Waals surface area contributed by atoms with Crippen molar-refractivity contribution in [1.29, 1.82) is 0 Å². The number of amides is 1. The van der Waals surface area contributed by atoms with Crippen molar-refractivity contribution in [3.8, 4) is 17.0 Å². The molecule has 148 valence electrons. The Hall–Kier alpha value is -2.98. The third kappa shape index (κ3) is 4.54. The molecule has 0 aliphatic heterocycles. The summed E-state index contributed by atoms with van der Waals surface area (Å²) in [7, 11) is 1.64. The molecule has 4 rings (SSSR count). The number of fused-ring (bicyclic) bond motifs is 1. The van der Waals surface area contributed by atoms with Crippen molar-refractivity contribution < 1.29 is 9.53 Å². The number of aromatic nitrogens is 5. The molecular formula is C19H18N6O2S2. The molecule has 0 saturated heterocycles. The molecule has 0 spiro atoms. The molecule has 0 radical (unpaired) electrons. The number of hydrogen-bond acceptors (Lipinski definition) is 8. The average molecular weight is 427 g/mol. The Morgan fingerprint density at radius 2 is 2.03 bits per heavy atom. The van der Waals surface area contributed by atoms with E-state index in [1.54, 1.807) is 11.6 Å². The molecule has 0 unspecified atom stereocenters. The molecular weight excluding hydrogens is 408 g/mol. The van der Waals surface area contributed by atoms with Gasteiger partial charge in [-0.05, 0) is 42.8 Å². The zero-order valence-electron chi connectivity index (χ0n) is 15.8. The quantitative estimate of drug-likeness (QED) is 0.452. The summed E-state index contributed by atoms with van der Waals surface area (Å²) in [5, 5.41) is 17.4. The van der Waals surface area contributed by atoms with Gasteiger partial charge in [-0.25, -0.2) is 9.50 Å². The summed E-state index contributed by atoms with van der Waals surface area (Å²) in [4.78, 5) is 16.7. The fourth-order valence-corrected chi connectivity index (χ4v) is 3.94. The smallest absolute Gasteiger partial charge is 0.236 e. The number of ether oxygens (including phenoxy) is 1. The van der Waals surface area contributed by atoms with Gasteiger partial charge in [0, 0.05) is 5.56 Å². The Labute approximate surface area is 175 Å². The Kier molecular flexibility index (Phi) is 5.72. The highest BCUT2D eigenvalue weighted by atomic mass is 32.2. The van der Waals surface area contributed by atoms with E-state index in [-0.39, 0.29) is 11.7 Å². The second kappa shape index (κ2) is 8.58. The average Bonchev–Trinajstić information content (AvgIpc) is 3.38. The van der Waals surface area contributed by atoms with Crippen LogP contribution in [0.4, 0.5) is 5.13 Å². The lowest BCUT2D eigenvalue weighted by atomic mass is 10.2.